The van der Waals surface area contributed by atoms with E-state index in [0.717, 1.165) is 44.6 Å². The molecule has 0 aliphatic carbocycles. The average molecular weight is 376 g/mol. The van der Waals surface area contributed by atoms with Crippen LogP contribution in [0.1, 0.15) is 28.8 Å². The van der Waals surface area contributed by atoms with E-state index in [9.17, 15) is 4.79 Å². The topological polar surface area (TPSA) is 45.2 Å². The smallest absolute Gasteiger partial charge is 0.254 e. The van der Waals surface area contributed by atoms with Crippen molar-refractivity contribution in [3.8, 4) is 11.5 Å². The third kappa shape index (κ3) is 4.74. The van der Waals surface area contributed by atoms with Crippen molar-refractivity contribution in [1.82, 2.24) is 14.7 Å². The van der Waals surface area contributed by atoms with E-state index < -0.39 is 0 Å². The minimum Gasteiger partial charge on any atom is -0.493 e. The van der Waals surface area contributed by atoms with Gasteiger partial charge in [-0.1, -0.05) is 0 Å². The van der Waals surface area contributed by atoms with Crippen LogP contribution in [0.4, 0.5) is 0 Å². The summed E-state index contributed by atoms with van der Waals surface area (Å²) < 4.78 is 10.7. The van der Waals surface area contributed by atoms with Gasteiger partial charge in [-0.2, -0.15) is 0 Å². The number of likely N-dealkylation sites (N-methyl/N-ethyl adjacent to an activating group) is 1. The summed E-state index contributed by atoms with van der Waals surface area (Å²) in [6, 6.07) is 3.69. The van der Waals surface area contributed by atoms with Gasteiger partial charge in [0.1, 0.15) is 0 Å². The Labute approximate surface area is 163 Å². The zero-order chi connectivity index (χ0) is 19.4. The first-order valence-electron chi connectivity index (χ1n) is 9.94. The summed E-state index contributed by atoms with van der Waals surface area (Å²) in [5.74, 6) is 2.07. The van der Waals surface area contributed by atoms with Crippen LogP contribution in [-0.2, 0) is 0 Å². The van der Waals surface area contributed by atoms with Gasteiger partial charge in [-0.15, -0.1) is 0 Å². The van der Waals surface area contributed by atoms with E-state index in [0.29, 0.717) is 23.0 Å². The number of piperidine rings is 1. The number of benzene rings is 1. The first kappa shape index (κ1) is 20.0. The van der Waals surface area contributed by atoms with E-state index >= 15 is 0 Å². The average Bonchev–Trinajstić information content (AvgIpc) is 2.69. The molecule has 150 valence electrons. The third-order valence-corrected chi connectivity index (χ3v) is 5.97. The number of methoxy groups -OCH3 is 2. The van der Waals surface area contributed by atoms with Crippen molar-refractivity contribution in [2.24, 2.45) is 5.92 Å². The summed E-state index contributed by atoms with van der Waals surface area (Å²) in [6.45, 7) is 9.46. The second-order valence-corrected chi connectivity index (χ2v) is 7.86. The van der Waals surface area contributed by atoms with Gasteiger partial charge in [0.25, 0.3) is 5.91 Å². The van der Waals surface area contributed by atoms with Gasteiger partial charge in [-0.25, -0.2) is 0 Å². The molecule has 0 spiro atoms. The molecule has 0 unspecified atom stereocenters. The molecule has 1 aromatic carbocycles. The van der Waals surface area contributed by atoms with E-state index in [-0.39, 0.29) is 5.91 Å². The van der Waals surface area contributed by atoms with E-state index in [1.807, 2.05) is 24.0 Å². The quantitative estimate of drug-likeness (QED) is 0.789. The Morgan fingerprint density at radius 1 is 1.00 bits per heavy atom. The highest BCUT2D eigenvalue weighted by atomic mass is 16.5. The van der Waals surface area contributed by atoms with Gasteiger partial charge >= 0.3 is 0 Å². The summed E-state index contributed by atoms with van der Waals surface area (Å²) in [5, 5.41) is 0. The van der Waals surface area contributed by atoms with E-state index in [1.54, 1.807) is 14.2 Å². The molecule has 2 fully saturated rings. The number of piperazine rings is 1. The Kier molecular flexibility index (Phi) is 6.60. The number of carbonyl (C=O) groups excluding carboxylic acids is 1. The largest absolute Gasteiger partial charge is 0.493 e. The Morgan fingerprint density at radius 2 is 1.59 bits per heavy atom. The maximum atomic E-state index is 13.0. The van der Waals surface area contributed by atoms with Gasteiger partial charge in [-0.3, -0.25) is 4.79 Å². The molecule has 0 radical (unpaired) electrons. The van der Waals surface area contributed by atoms with E-state index in [1.165, 1.54) is 19.6 Å². The number of amides is 1. The van der Waals surface area contributed by atoms with E-state index in [4.69, 9.17) is 9.47 Å². The predicted molar refractivity (Wildman–Crippen MR) is 107 cm³/mol. The summed E-state index contributed by atoms with van der Waals surface area (Å²) in [6.07, 6.45) is 2.18. The molecular weight excluding hydrogens is 342 g/mol. The molecule has 1 aromatic rings. The van der Waals surface area contributed by atoms with Gasteiger partial charge in [0.05, 0.1) is 14.2 Å². The van der Waals surface area contributed by atoms with Crippen LogP contribution in [-0.4, -0.2) is 87.7 Å². The molecule has 3 rings (SSSR count). The van der Waals surface area contributed by atoms with Crippen LogP contribution in [0.5, 0.6) is 11.5 Å². The summed E-state index contributed by atoms with van der Waals surface area (Å²) in [7, 11) is 5.41. The molecule has 0 bridgehead atoms. The van der Waals surface area contributed by atoms with Gasteiger partial charge in [0.2, 0.25) is 0 Å². The Hall–Kier alpha value is -1.79. The van der Waals surface area contributed by atoms with Gasteiger partial charge in [-0.05, 0) is 50.4 Å². The number of likely N-dealkylation sites (tertiary alicyclic amines) is 1. The van der Waals surface area contributed by atoms with Crippen molar-refractivity contribution in [1.29, 1.82) is 0 Å². The van der Waals surface area contributed by atoms with Gasteiger partial charge in [0, 0.05) is 51.4 Å². The fourth-order valence-corrected chi connectivity index (χ4v) is 4.10. The van der Waals surface area contributed by atoms with Crippen LogP contribution in [0.3, 0.4) is 0 Å². The first-order valence-corrected chi connectivity index (χ1v) is 9.94. The SMILES string of the molecule is COc1cc(C)c(C(=O)N2CCC(CN3CCN(C)CC3)CC2)cc1OC. The van der Waals surface area contributed by atoms with Gasteiger partial charge in [0.15, 0.2) is 11.5 Å². The lowest BCUT2D eigenvalue weighted by molar-refractivity contribution is 0.0642. The Balaban J connectivity index is 1.57. The number of ether oxygens (including phenoxy) is 2. The zero-order valence-corrected chi connectivity index (χ0v) is 17.2. The van der Waals surface area contributed by atoms with Crippen LogP contribution in [0.15, 0.2) is 12.1 Å². The second kappa shape index (κ2) is 8.93. The van der Waals surface area contributed by atoms with Crippen molar-refractivity contribution in [2.45, 2.75) is 19.8 Å². The van der Waals surface area contributed by atoms with Crippen molar-refractivity contribution >= 4 is 5.91 Å². The minimum absolute atomic E-state index is 0.103. The number of hydrogen-bond acceptors (Lipinski definition) is 5. The van der Waals surface area contributed by atoms with Crippen LogP contribution >= 0.6 is 0 Å². The highest BCUT2D eigenvalue weighted by molar-refractivity contribution is 5.96. The van der Waals surface area contributed by atoms with Crippen LogP contribution in [0.25, 0.3) is 0 Å². The Bertz CT molecular complexity index is 648. The molecule has 6 nitrogen and oxygen atoms in total. The van der Waals surface area contributed by atoms with Crippen LogP contribution < -0.4 is 9.47 Å². The van der Waals surface area contributed by atoms with Gasteiger partial charge < -0.3 is 24.2 Å². The highest BCUT2D eigenvalue weighted by Gasteiger charge is 2.27. The fourth-order valence-electron chi connectivity index (χ4n) is 4.10. The maximum Gasteiger partial charge on any atom is 0.254 e. The van der Waals surface area contributed by atoms with E-state index in [2.05, 4.69) is 16.8 Å². The Morgan fingerprint density at radius 3 is 2.19 bits per heavy atom. The normalized spacial score (nSPS) is 19.9. The monoisotopic (exact) mass is 375 g/mol. The number of nitrogens with zero attached hydrogens (tertiary/aromatic N) is 3. The first-order chi connectivity index (χ1) is 13.0. The lowest BCUT2D eigenvalue weighted by Crippen LogP contribution is -2.48. The number of rotatable bonds is 5. The number of hydrogen-bond donors (Lipinski definition) is 0. The molecule has 0 atom stereocenters. The van der Waals surface area contributed by atoms with Crippen molar-refractivity contribution < 1.29 is 14.3 Å². The second-order valence-electron chi connectivity index (χ2n) is 7.86. The van der Waals surface area contributed by atoms with Crippen molar-refractivity contribution in [2.75, 3.05) is 67.1 Å². The zero-order valence-electron chi connectivity index (χ0n) is 17.2. The summed E-state index contributed by atoms with van der Waals surface area (Å²) in [4.78, 5) is 20.0. The molecule has 6 heteroatoms. The third-order valence-electron chi connectivity index (χ3n) is 5.97. The predicted octanol–water partition coefficient (Wildman–Crippen LogP) is 2.11. The molecule has 2 heterocycles. The molecule has 0 aromatic heterocycles. The number of aryl methyl sites for hydroxylation is 1. The van der Waals surface area contributed by atoms with Crippen LogP contribution in [0.2, 0.25) is 0 Å². The standard InChI is InChI=1S/C21H33N3O3/c1-16-13-19(26-3)20(27-4)14-18(16)21(25)24-7-5-17(6-8-24)15-23-11-9-22(2)10-12-23/h13-14,17H,5-12,15H2,1-4H3. The van der Waals surface area contributed by atoms with Crippen molar-refractivity contribution in [3.05, 3.63) is 23.3 Å². The lowest BCUT2D eigenvalue weighted by Gasteiger charge is -2.38. The molecule has 1 amide bonds. The molecule has 2 saturated heterocycles. The number of carbonyl (C=O) groups is 1. The molecule has 0 saturated carbocycles. The molecule has 2 aliphatic heterocycles. The fraction of sp³-hybridized carbons (Fsp3) is 0.667. The maximum absolute atomic E-state index is 13.0. The summed E-state index contributed by atoms with van der Waals surface area (Å²) >= 11 is 0. The summed E-state index contributed by atoms with van der Waals surface area (Å²) in [5.41, 5.74) is 1.64. The van der Waals surface area contributed by atoms with Crippen LogP contribution in [0, 0.1) is 12.8 Å². The highest BCUT2D eigenvalue weighted by Crippen LogP contribution is 2.31. The minimum atomic E-state index is 0.103. The lowest BCUT2D eigenvalue weighted by atomic mass is 9.95. The van der Waals surface area contributed by atoms with Crippen molar-refractivity contribution in [3.63, 3.8) is 0 Å². The molecule has 0 N–H and O–H groups in total. The molecule has 2 aliphatic rings. The molecule has 27 heavy (non-hydrogen) atoms. The molecular formula is C21H33N3O3.